The highest BCUT2D eigenvalue weighted by Crippen LogP contribution is 2.14. The van der Waals surface area contributed by atoms with E-state index in [4.69, 9.17) is 23.2 Å². The standard InChI is InChI=1S/C9H9Cl2N3O2/c1-14(2)9(16)13-8(15)5-3-6(10)12-7(11)4-5/h3-4H,1-2H3,(H,13,15,16). The summed E-state index contributed by atoms with van der Waals surface area (Å²) in [7, 11) is 3.05. The van der Waals surface area contributed by atoms with Crippen molar-refractivity contribution < 1.29 is 9.59 Å². The van der Waals surface area contributed by atoms with Gasteiger partial charge in [-0.15, -0.1) is 0 Å². The second kappa shape index (κ2) is 5.14. The molecular formula is C9H9Cl2N3O2. The lowest BCUT2D eigenvalue weighted by Gasteiger charge is -2.10. The van der Waals surface area contributed by atoms with Crippen LogP contribution in [0.3, 0.4) is 0 Å². The van der Waals surface area contributed by atoms with E-state index < -0.39 is 11.9 Å². The Balaban J connectivity index is 2.85. The van der Waals surface area contributed by atoms with Gasteiger partial charge in [0.1, 0.15) is 10.3 Å². The number of nitrogens with zero attached hydrogens (tertiary/aromatic N) is 2. The summed E-state index contributed by atoms with van der Waals surface area (Å²) in [5.74, 6) is -0.579. The molecule has 0 saturated carbocycles. The molecule has 1 N–H and O–H groups in total. The molecule has 0 atom stereocenters. The van der Waals surface area contributed by atoms with Crippen molar-refractivity contribution in [3.05, 3.63) is 28.0 Å². The molecule has 1 rings (SSSR count). The van der Waals surface area contributed by atoms with Gasteiger partial charge in [-0.05, 0) is 12.1 Å². The molecule has 0 radical (unpaired) electrons. The molecule has 7 heteroatoms. The molecule has 0 bridgehead atoms. The summed E-state index contributed by atoms with van der Waals surface area (Å²) in [4.78, 5) is 27.7. The quantitative estimate of drug-likeness (QED) is 0.785. The number of halogens is 2. The fraction of sp³-hybridized carbons (Fsp3) is 0.222. The van der Waals surface area contributed by atoms with Crippen LogP contribution in [0.5, 0.6) is 0 Å². The van der Waals surface area contributed by atoms with Gasteiger partial charge in [-0.1, -0.05) is 23.2 Å². The fourth-order valence-electron chi connectivity index (χ4n) is 0.877. The molecule has 0 aliphatic heterocycles. The summed E-state index contributed by atoms with van der Waals surface area (Å²) < 4.78 is 0. The van der Waals surface area contributed by atoms with Crippen molar-refractivity contribution in [1.29, 1.82) is 0 Å². The van der Waals surface area contributed by atoms with Crippen LogP contribution in [0.4, 0.5) is 4.79 Å². The first-order chi connectivity index (χ1) is 7.40. The van der Waals surface area contributed by atoms with Crippen molar-refractivity contribution in [2.45, 2.75) is 0 Å². The molecule has 0 unspecified atom stereocenters. The van der Waals surface area contributed by atoms with Gasteiger partial charge < -0.3 is 4.90 Å². The summed E-state index contributed by atoms with van der Waals surface area (Å²) in [5.41, 5.74) is 0.181. The van der Waals surface area contributed by atoms with Crippen molar-refractivity contribution >= 4 is 35.1 Å². The number of hydrogen-bond acceptors (Lipinski definition) is 3. The van der Waals surface area contributed by atoms with Gasteiger partial charge in [0.2, 0.25) is 0 Å². The van der Waals surface area contributed by atoms with Crippen LogP contribution in [0.15, 0.2) is 12.1 Å². The number of carbonyl (C=O) groups is 2. The number of amides is 3. The number of imide groups is 1. The van der Waals surface area contributed by atoms with Crippen LogP contribution < -0.4 is 5.32 Å². The van der Waals surface area contributed by atoms with E-state index in [-0.39, 0.29) is 15.9 Å². The summed E-state index contributed by atoms with van der Waals surface area (Å²) >= 11 is 11.2. The molecule has 0 aromatic carbocycles. The number of pyridine rings is 1. The van der Waals surface area contributed by atoms with Crippen molar-refractivity contribution in [3.8, 4) is 0 Å². The van der Waals surface area contributed by atoms with Crippen LogP contribution in [0.25, 0.3) is 0 Å². The highest BCUT2D eigenvalue weighted by Gasteiger charge is 2.13. The van der Waals surface area contributed by atoms with Gasteiger partial charge >= 0.3 is 6.03 Å². The Hall–Kier alpha value is -1.33. The Labute approximate surface area is 102 Å². The zero-order chi connectivity index (χ0) is 12.3. The van der Waals surface area contributed by atoms with Crippen molar-refractivity contribution in [3.63, 3.8) is 0 Å². The van der Waals surface area contributed by atoms with E-state index in [1.165, 1.54) is 31.1 Å². The normalized spacial score (nSPS) is 9.75. The number of hydrogen-bond donors (Lipinski definition) is 1. The molecule has 0 spiro atoms. The topological polar surface area (TPSA) is 62.3 Å². The number of nitrogens with one attached hydrogen (secondary N) is 1. The number of urea groups is 1. The lowest BCUT2D eigenvalue weighted by Crippen LogP contribution is -2.38. The monoisotopic (exact) mass is 261 g/mol. The number of aromatic nitrogens is 1. The number of rotatable bonds is 1. The van der Waals surface area contributed by atoms with Gasteiger partial charge in [-0.2, -0.15) is 0 Å². The first-order valence-electron chi connectivity index (χ1n) is 4.26. The van der Waals surface area contributed by atoms with Gasteiger partial charge in [0.25, 0.3) is 5.91 Å². The fourth-order valence-corrected chi connectivity index (χ4v) is 1.34. The van der Waals surface area contributed by atoms with Gasteiger partial charge in [0.05, 0.1) is 0 Å². The minimum atomic E-state index is -0.579. The van der Waals surface area contributed by atoms with Gasteiger partial charge in [-0.25, -0.2) is 9.78 Å². The van der Waals surface area contributed by atoms with E-state index >= 15 is 0 Å². The molecule has 1 heterocycles. The van der Waals surface area contributed by atoms with Crippen LogP contribution in [-0.4, -0.2) is 35.9 Å². The van der Waals surface area contributed by atoms with E-state index in [9.17, 15) is 9.59 Å². The Morgan fingerprint density at radius 3 is 2.19 bits per heavy atom. The predicted molar refractivity (Wildman–Crippen MR) is 60.8 cm³/mol. The Morgan fingerprint density at radius 2 is 1.75 bits per heavy atom. The third-order valence-electron chi connectivity index (χ3n) is 1.65. The molecule has 16 heavy (non-hydrogen) atoms. The Bertz CT molecular complexity index is 415. The molecular weight excluding hydrogens is 253 g/mol. The zero-order valence-electron chi connectivity index (χ0n) is 8.62. The van der Waals surface area contributed by atoms with E-state index in [2.05, 4.69) is 10.3 Å². The minimum Gasteiger partial charge on any atom is -0.331 e. The van der Waals surface area contributed by atoms with Gasteiger partial charge in [0, 0.05) is 19.7 Å². The van der Waals surface area contributed by atoms with Crippen molar-refractivity contribution in [2.24, 2.45) is 0 Å². The first kappa shape index (κ1) is 12.7. The second-order valence-corrected chi connectivity index (χ2v) is 3.93. The van der Waals surface area contributed by atoms with E-state index in [1.54, 1.807) is 0 Å². The molecule has 5 nitrogen and oxygen atoms in total. The highest BCUT2D eigenvalue weighted by molar-refractivity contribution is 6.33. The average Bonchev–Trinajstić information content (AvgIpc) is 2.15. The molecule has 0 fully saturated rings. The molecule has 0 aliphatic carbocycles. The smallest absolute Gasteiger partial charge is 0.323 e. The van der Waals surface area contributed by atoms with Crippen LogP contribution in [0.2, 0.25) is 10.3 Å². The second-order valence-electron chi connectivity index (χ2n) is 3.15. The van der Waals surface area contributed by atoms with Crippen LogP contribution in [-0.2, 0) is 0 Å². The summed E-state index contributed by atoms with van der Waals surface area (Å²) in [6.45, 7) is 0. The maximum atomic E-state index is 11.6. The zero-order valence-corrected chi connectivity index (χ0v) is 10.1. The summed E-state index contributed by atoms with van der Waals surface area (Å²) in [6.07, 6.45) is 0. The summed E-state index contributed by atoms with van der Waals surface area (Å²) in [6, 6.07) is 2.13. The molecule has 0 saturated heterocycles. The van der Waals surface area contributed by atoms with Crippen molar-refractivity contribution in [1.82, 2.24) is 15.2 Å². The minimum absolute atomic E-state index is 0.0925. The summed E-state index contributed by atoms with van der Waals surface area (Å²) in [5, 5.41) is 2.34. The lowest BCUT2D eigenvalue weighted by molar-refractivity contribution is 0.0957. The average molecular weight is 262 g/mol. The van der Waals surface area contributed by atoms with Crippen molar-refractivity contribution in [2.75, 3.05) is 14.1 Å². The molecule has 3 amide bonds. The largest absolute Gasteiger partial charge is 0.331 e. The van der Waals surface area contributed by atoms with E-state index in [1.807, 2.05) is 0 Å². The van der Waals surface area contributed by atoms with Gasteiger partial charge in [0.15, 0.2) is 0 Å². The third-order valence-corrected chi connectivity index (χ3v) is 2.04. The molecule has 0 aliphatic rings. The molecule has 1 aromatic rings. The lowest BCUT2D eigenvalue weighted by atomic mass is 10.2. The maximum absolute atomic E-state index is 11.6. The SMILES string of the molecule is CN(C)C(=O)NC(=O)c1cc(Cl)nc(Cl)c1. The predicted octanol–water partition coefficient (Wildman–Crippen LogP) is 1.80. The van der Waals surface area contributed by atoms with Crippen LogP contribution in [0.1, 0.15) is 10.4 Å². The molecule has 86 valence electrons. The maximum Gasteiger partial charge on any atom is 0.323 e. The molecule has 1 aromatic heterocycles. The Morgan fingerprint density at radius 1 is 1.25 bits per heavy atom. The number of carbonyl (C=O) groups excluding carboxylic acids is 2. The van der Waals surface area contributed by atoms with E-state index in [0.29, 0.717) is 0 Å². The van der Waals surface area contributed by atoms with Crippen LogP contribution >= 0.6 is 23.2 Å². The van der Waals surface area contributed by atoms with Crippen LogP contribution in [0, 0.1) is 0 Å². The first-order valence-corrected chi connectivity index (χ1v) is 5.01. The Kier molecular flexibility index (Phi) is 4.09. The van der Waals surface area contributed by atoms with E-state index in [0.717, 1.165) is 0 Å². The third kappa shape index (κ3) is 3.36. The van der Waals surface area contributed by atoms with Gasteiger partial charge in [-0.3, -0.25) is 10.1 Å². The highest BCUT2D eigenvalue weighted by atomic mass is 35.5.